The van der Waals surface area contributed by atoms with Crippen molar-refractivity contribution in [2.24, 2.45) is 5.73 Å². The predicted molar refractivity (Wildman–Crippen MR) is 194 cm³/mol. The first-order valence-electron chi connectivity index (χ1n) is 17.2. The number of ketones is 1. The molecule has 5 N–H and O–H groups in total. The summed E-state index contributed by atoms with van der Waals surface area (Å²) in [6.45, 7) is 0.655. The number of nitrogens with one attached hydrogen (secondary N) is 3. The van der Waals surface area contributed by atoms with E-state index in [1.807, 2.05) is 84.9 Å². The van der Waals surface area contributed by atoms with Crippen LogP contribution in [0.15, 0.2) is 91.1 Å². The van der Waals surface area contributed by atoms with Gasteiger partial charge in [0.25, 0.3) is 0 Å². The number of amides is 3. The van der Waals surface area contributed by atoms with E-state index in [4.69, 9.17) is 10.5 Å². The van der Waals surface area contributed by atoms with Crippen LogP contribution in [0.1, 0.15) is 42.4 Å². The first-order chi connectivity index (χ1) is 24.6. The second-order valence-electron chi connectivity index (χ2n) is 12.8. The Morgan fingerprint density at radius 3 is 2.20 bits per heavy atom. The van der Waals surface area contributed by atoms with Gasteiger partial charge in [-0.2, -0.15) is 0 Å². The first-order valence-corrected chi connectivity index (χ1v) is 19.1. The van der Waals surface area contributed by atoms with E-state index in [0.29, 0.717) is 13.0 Å². The highest BCUT2D eigenvalue weighted by Gasteiger charge is 2.43. The van der Waals surface area contributed by atoms with Gasteiger partial charge in [-0.05, 0) is 42.1 Å². The van der Waals surface area contributed by atoms with Gasteiger partial charge in [-0.15, -0.1) is 0 Å². The Bertz CT molecular complexity index is 1900. The number of hydrogen-bond donors (Lipinski definition) is 4. The summed E-state index contributed by atoms with van der Waals surface area (Å²) in [6, 6.07) is 22.3. The largest absolute Gasteiger partial charge is 0.445 e. The van der Waals surface area contributed by atoms with Gasteiger partial charge in [-0.1, -0.05) is 91.7 Å². The molecular weight excluding hydrogens is 671 g/mol. The predicted octanol–water partition coefficient (Wildman–Crippen LogP) is 3.45. The van der Waals surface area contributed by atoms with Crippen molar-refractivity contribution < 1.29 is 32.3 Å². The standard InChI is InChI=1S/C38H45N5O7S/c39-19-11-1-2-12-20-43(34-25-51(48,49)26-35(34)44)37(46)33(21-27-13-5-3-6-14-27)41-36(45)32(22-29-23-40-31-18-10-9-17-30(29)31)42-38(47)50-24-28-15-7-4-8-16-28/h3-10,13-18,23,32-34,40H,1-2,11-12,19-22,24-26,39H2,(H,41,45)(H,42,47)/t32-,33-,34?/m0/s1. The summed E-state index contributed by atoms with van der Waals surface area (Å²) in [6.07, 6.45) is 3.98. The van der Waals surface area contributed by atoms with E-state index in [1.54, 1.807) is 6.20 Å². The van der Waals surface area contributed by atoms with Crippen molar-refractivity contribution in [3.63, 3.8) is 0 Å². The van der Waals surface area contributed by atoms with Crippen molar-refractivity contribution in [2.45, 2.75) is 63.3 Å². The molecule has 0 spiro atoms. The number of aromatic nitrogens is 1. The van der Waals surface area contributed by atoms with Gasteiger partial charge in [0.1, 0.15) is 30.5 Å². The molecular formula is C38H45N5O7S. The Balaban J connectivity index is 1.41. The van der Waals surface area contributed by atoms with Crippen LogP contribution >= 0.6 is 0 Å². The number of H-pyrrole nitrogens is 1. The molecule has 270 valence electrons. The van der Waals surface area contributed by atoms with Crippen molar-refractivity contribution in [3.05, 3.63) is 108 Å². The number of nitrogens with two attached hydrogens (primary N) is 1. The molecule has 1 aliphatic rings. The number of rotatable bonds is 17. The van der Waals surface area contributed by atoms with E-state index in [1.165, 1.54) is 4.90 Å². The maximum Gasteiger partial charge on any atom is 0.408 e. The molecule has 1 saturated heterocycles. The summed E-state index contributed by atoms with van der Waals surface area (Å²) >= 11 is 0. The summed E-state index contributed by atoms with van der Waals surface area (Å²) in [7, 11) is -3.68. The molecule has 3 atom stereocenters. The number of carbonyl (C=O) groups excluding carboxylic acids is 4. The lowest BCUT2D eigenvalue weighted by atomic mass is 10.0. The third-order valence-electron chi connectivity index (χ3n) is 8.98. The van der Waals surface area contributed by atoms with Crippen LogP contribution < -0.4 is 16.4 Å². The molecule has 3 amide bonds. The summed E-state index contributed by atoms with van der Waals surface area (Å²) in [5.74, 6) is -2.86. The molecule has 0 aliphatic carbocycles. The van der Waals surface area contributed by atoms with Crippen LogP contribution in [0.25, 0.3) is 10.9 Å². The fraction of sp³-hybridized carbons (Fsp3) is 0.368. The first kappa shape index (κ1) is 37.3. The quantitative estimate of drug-likeness (QED) is 0.120. The van der Waals surface area contributed by atoms with Crippen molar-refractivity contribution in [1.29, 1.82) is 0 Å². The molecule has 1 unspecified atom stereocenters. The number of benzene rings is 3. The van der Waals surface area contributed by atoms with Gasteiger partial charge in [-0.3, -0.25) is 14.4 Å². The average molecular weight is 716 g/mol. The number of hydrogen-bond acceptors (Lipinski definition) is 8. The van der Waals surface area contributed by atoms with Crippen LogP contribution in [-0.2, 0) is 48.4 Å². The summed E-state index contributed by atoms with van der Waals surface area (Å²) in [4.78, 5) is 59.3. The monoisotopic (exact) mass is 715 g/mol. The number of ether oxygens (including phenoxy) is 1. The normalized spacial score (nSPS) is 16.3. The molecule has 1 aliphatic heterocycles. The lowest BCUT2D eigenvalue weighted by Gasteiger charge is -2.32. The van der Waals surface area contributed by atoms with E-state index >= 15 is 0 Å². The number of nitrogens with zero attached hydrogens (tertiary/aromatic N) is 1. The third kappa shape index (κ3) is 10.5. The maximum absolute atomic E-state index is 14.5. The van der Waals surface area contributed by atoms with Crippen LogP contribution in [0.4, 0.5) is 4.79 Å². The number of alkyl carbamates (subject to hydrolysis) is 1. The van der Waals surface area contributed by atoms with Crippen LogP contribution in [-0.4, -0.2) is 84.7 Å². The number of para-hydroxylation sites is 1. The van der Waals surface area contributed by atoms with Gasteiger partial charge in [0, 0.05) is 36.5 Å². The van der Waals surface area contributed by atoms with Crippen LogP contribution in [0.5, 0.6) is 0 Å². The Labute approximate surface area is 298 Å². The zero-order chi connectivity index (χ0) is 36.2. The number of aromatic amines is 1. The number of fused-ring (bicyclic) bond motifs is 1. The highest BCUT2D eigenvalue weighted by atomic mass is 32.2. The van der Waals surface area contributed by atoms with Crippen LogP contribution in [0.2, 0.25) is 0 Å². The minimum Gasteiger partial charge on any atom is -0.445 e. The molecule has 3 aromatic carbocycles. The Morgan fingerprint density at radius 2 is 1.51 bits per heavy atom. The minimum absolute atomic E-state index is 0.0121. The molecule has 0 bridgehead atoms. The molecule has 1 aromatic heterocycles. The molecule has 1 fully saturated rings. The van der Waals surface area contributed by atoms with E-state index in [9.17, 15) is 27.6 Å². The lowest BCUT2D eigenvalue weighted by Crippen LogP contribution is -2.58. The minimum atomic E-state index is -3.68. The van der Waals surface area contributed by atoms with E-state index in [-0.39, 0.29) is 26.0 Å². The zero-order valence-corrected chi connectivity index (χ0v) is 29.3. The second kappa shape index (κ2) is 17.8. The molecule has 0 radical (unpaired) electrons. The average Bonchev–Trinajstić information content (AvgIpc) is 3.66. The Morgan fingerprint density at radius 1 is 0.843 bits per heavy atom. The molecule has 2 heterocycles. The number of carbonyl (C=O) groups is 4. The van der Waals surface area contributed by atoms with Crippen molar-refractivity contribution in [2.75, 3.05) is 24.6 Å². The van der Waals surface area contributed by atoms with E-state index < -0.39 is 63.2 Å². The van der Waals surface area contributed by atoms with Gasteiger partial charge in [0.05, 0.1) is 5.75 Å². The summed E-state index contributed by atoms with van der Waals surface area (Å²) < 4.78 is 30.5. The van der Waals surface area contributed by atoms with Gasteiger partial charge < -0.3 is 31.0 Å². The highest BCUT2D eigenvalue weighted by molar-refractivity contribution is 7.92. The van der Waals surface area contributed by atoms with Crippen LogP contribution in [0, 0.1) is 0 Å². The van der Waals surface area contributed by atoms with Gasteiger partial charge in [-0.25, -0.2) is 13.2 Å². The Kier molecular flexibility index (Phi) is 13.0. The molecule has 0 saturated carbocycles. The fourth-order valence-corrected chi connectivity index (χ4v) is 7.92. The lowest BCUT2D eigenvalue weighted by molar-refractivity contribution is -0.141. The molecule has 4 aromatic rings. The maximum atomic E-state index is 14.5. The summed E-state index contributed by atoms with van der Waals surface area (Å²) in [5.41, 5.74) is 8.77. The molecule has 5 rings (SSSR count). The molecule has 13 heteroatoms. The van der Waals surface area contributed by atoms with Gasteiger partial charge >= 0.3 is 6.09 Å². The topological polar surface area (TPSA) is 181 Å². The highest BCUT2D eigenvalue weighted by Crippen LogP contribution is 2.21. The molecule has 51 heavy (non-hydrogen) atoms. The van der Waals surface area contributed by atoms with Crippen LogP contribution in [0.3, 0.4) is 0 Å². The summed E-state index contributed by atoms with van der Waals surface area (Å²) in [5, 5.41) is 6.43. The SMILES string of the molecule is NCCCCCCN(C(=O)[C@H](Cc1ccccc1)NC(=O)[C@H](Cc1c[nH]c2ccccc12)NC(=O)OCc1ccccc1)C1CS(=O)(=O)CC1=O. The number of unbranched alkanes of at least 4 members (excludes halogenated alkanes) is 3. The van der Waals surface area contributed by atoms with Crippen molar-refractivity contribution in [1.82, 2.24) is 20.5 Å². The van der Waals surface area contributed by atoms with Gasteiger partial charge in [0.15, 0.2) is 15.6 Å². The number of sulfone groups is 1. The van der Waals surface area contributed by atoms with Crippen molar-refractivity contribution in [3.8, 4) is 0 Å². The van der Waals surface area contributed by atoms with Gasteiger partial charge in [0.2, 0.25) is 11.8 Å². The second-order valence-corrected chi connectivity index (χ2v) is 15.0. The fourth-order valence-electron chi connectivity index (χ4n) is 6.33. The van der Waals surface area contributed by atoms with E-state index in [0.717, 1.165) is 46.9 Å². The molecule has 12 nitrogen and oxygen atoms in total. The van der Waals surface area contributed by atoms with Crippen molar-refractivity contribution >= 4 is 44.4 Å². The third-order valence-corrected chi connectivity index (χ3v) is 10.5. The number of Topliss-reactive ketones (excluding diaryl/α,β-unsaturated/α-hetero) is 1. The smallest absolute Gasteiger partial charge is 0.408 e. The Hall–Kier alpha value is -5.01. The van der Waals surface area contributed by atoms with E-state index in [2.05, 4.69) is 15.6 Å². The zero-order valence-electron chi connectivity index (χ0n) is 28.5.